The minimum atomic E-state index is -0.716. The lowest BCUT2D eigenvalue weighted by Crippen LogP contribution is -2.35. The number of benzene rings is 1. The zero-order valence-corrected chi connectivity index (χ0v) is 10.9. The van der Waals surface area contributed by atoms with Crippen molar-refractivity contribution >= 4 is 5.97 Å². The van der Waals surface area contributed by atoms with Crippen LogP contribution in [0.1, 0.15) is 42.9 Å². The zero-order valence-electron chi connectivity index (χ0n) is 10.9. The number of hydrogen-bond acceptors (Lipinski definition) is 2. The van der Waals surface area contributed by atoms with Gasteiger partial charge in [0.05, 0.1) is 6.42 Å². The Hall–Kier alpha value is -1.35. The van der Waals surface area contributed by atoms with Crippen LogP contribution in [-0.2, 0) is 4.79 Å². The van der Waals surface area contributed by atoms with Gasteiger partial charge >= 0.3 is 5.97 Å². The third-order valence-electron chi connectivity index (χ3n) is 3.63. The van der Waals surface area contributed by atoms with Gasteiger partial charge in [-0.3, -0.25) is 9.69 Å². The fourth-order valence-corrected chi connectivity index (χ4v) is 2.73. The molecule has 1 fully saturated rings. The quantitative estimate of drug-likeness (QED) is 0.889. The molecule has 3 heteroatoms. The van der Waals surface area contributed by atoms with E-state index in [2.05, 4.69) is 30.0 Å². The van der Waals surface area contributed by atoms with Crippen LogP contribution >= 0.6 is 0 Å². The summed E-state index contributed by atoms with van der Waals surface area (Å²) in [5.74, 6) is -0.716. The maximum Gasteiger partial charge on any atom is 0.305 e. The molecule has 1 aromatic rings. The average molecular weight is 247 g/mol. The lowest BCUT2D eigenvalue weighted by molar-refractivity contribution is -0.138. The largest absolute Gasteiger partial charge is 0.481 e. The van der Waals surface area contributed by atoms with E-state index in [1.807, 2.05) is 6.07 Å². The molecule has 1 aliphatic rings. The number of carboxylic acids is 1. The third kappa shape index (κ3) is 3.33. The molecule has 0 saturated carbocycles. The summed E-state index contributed by atoms with van der Waals surface area (Å²) in [6.07, 6.45) is 3.83. The fourth-order valence-electron chi connectivity index (χ4n) is 2.73. The Labute approximate surface area is 108 Å². The molecule has 0 aliphatic carbocycles. The van der Waals surface area contributed by atoms with Gasteiger partial charge in [-0.15, -0.1) is 0 Å². The SMILES string of the molecule is Cc1cccc(C(CC(=O)O)N2CCCCC2)c1. The molecule has 1 unspecified atom stereocenters. The molecule has 1 N–H and O–H groups in total. The van der Waals surface area contributed by atoms with Crippen LogP contribution < -0.4 is 0 Å². The molecule has 1 aromatic carbocycles. The van der Waals surface area contributed by atoms with Crippen LogP contribution in [0.15, 0.2) is 24.3 Å². The molecule has 1 atom stereocenters. The summed E-state index contributed by atoms with van der Waals surface area (Å²) in [6, 6.07) is 8.26. The van der Waals surface area contributed by atoms with E-state index >= 15 is 0 Å². The van der Waals surface area contributed by atoms with E-state index in [0.29, 0.717) is 0 Å². The van der Waals surface area contributed by atoms with E-state index in [4.69, 9.17) is 5.11 Å². The van der Waals surface area contributed by atoms with Crippen molar-refractivity contribution in [2.24, 2.45) is 0 Å². The van der Waals surface area contributed by atoms with E-state index in [9.17, 15) is 4.79 Å². The first-order chi connectivity index (χ1) is 8.66. The summed E-state index contributed by atoms with van der Waals surface area (Å²) >= 11 is 0. The number of rotatable bonds is 4. The van der Waals surface area contributed by atoms with Gasteiger partial charge in [0.2, 0.25) is 0 Å². The number of nitrogens with zero attached hydrogens (tertiary/aromatic N) is 1. The van der Waals surface area contributed by atoms with Crippen LogP contribution in [0.2, 0.25) is 0 Å². The Morgan fingerprint density at radius 2 is 2.06 bits per heavy atom. The van der Waals surface area contributed by atoms with Crippen LogP contribution in [-0.4, -0.2) is 29.1 Å². The first kappa shape index (κ1) is 13.1. The lowest BCUT2D eigenvalue weighted by Gasteiger charge is -2.34. The second-order valence-corrected chi connectivity index (χ2v) is 5.12. The monoisotopic (exact) mass is 247 g/mol. The van der Waals surface area contributed by atoms with Crippen LogP contribution in [0.3, 0.4) is 0 Å². The number of carboxylic acid groups (broad SMARTS) is 1. The average Bonchev–Trinajstić information content (AvgIpc) is 2.37. The highest BCUT2D eigenvalue weighted by Gasteiger charge is 2.24. The Bertz CT molecular complexity index is 411. The van der Waals surface area contributed by atoms with E-state index in [-0.39, 0.29) is 12.5 Å². The molecule has 0 spiro atoms. The summed E-state index contributed by atoms with van der Waals surface area (Å²) in [5.41, 5.74) is 2.33. The summed E-state index contributed by atoms with van der Waals surface area (Å²) < 4.78 is 0. The molecule has 18 heavy (non-hydrogen) atoms. The highest BCUT2D eigenvalue weighted by atomic mass is 16.4. The van der Waals surface area contributed by atoms with Gasteiger partial charge in [-0.25, -0.2) is 0 Å². The number of aliphatic carboxylic acids is 1. The topological polar surface area (TPSA) is 40.5 Å². The normalized spacial score (nSPS) is 18.5. The van der Waals surface area contributed by atoms with Gasteiger partial charge in [-0.05, 0) is 38.4 Å². The van der Waals surface area contributed by atoms with Crippen LogP contribution in [0.25, 0.3) is 0 Å². The zero-order chi connectivity index (χ0) is 13.0. The van der Waals surface area contributed by atoms with Gasteiger partial charge < -0.3 is 5.11 Å². The Balaban J connectivity index is 2.20. The van der Waals surface area contributed by atoms with E-state index < -0.39 is 5.97 Å². The number of carbonyl (C=O) groups is 1. The van der Waals surface area contributed by atoms with Gasteiger partial charge in [-0.1, -0.05) is 36.2 Å². The molecule has 0 bridgehead atoms. The van der Waals surface area contributed by atoms with Crippen molar-refractivity contribution in [3.63, 3.8) is 0 Å². The number of likely N-dealkylation sites (tertiary alicyclic amines) is 1. The summed E-state index contributed by atoms with van der Waals surface area (Å²) in [6.45, 7) is 4.09. The van der Waals surface area contributed by atoms with Crippen LogP contribution in [0.4, 0.5) is 0 Å². The van der Waals surface area contributed by atoms with Crippen molar-refractivity contribution in [3.8, 4) is 0 Å². The fraction of sp³-hybridized carbons (Fsp3) is 0.533. The minimum absolute atomic E-state index is 0.0303. The molecule has 0 radical (unpaired) electrons. The molecule has 1 aliphatic heterocycles. The molecule has 0 aromatic heterocycles. The van der Waals surface area contributed by atoms with Crippen molar-refractivity contribution < 1.29 is 9.90 Å². The Morgan fingerprint density at radius 3 is 2.67 bits per heavy atom. The summed E-state index contributed by atoms with van der Waals surface area (Å²) in [5, 5.41) is 9.12. The standard InChI is InChI=1S/C15H21NO2/c1-12-6-5-7-13(10-12)14(11-15(17)18)16-8-3-2-4-9-16/h5-7,10,14H,2-4,8-9,11H2,1H3,(H,17,18). The van der Waals surface area contributed by atoms with E-state index in [1.54, 1.807) is 0 Å². The third-order valence-corrected chi connectivity index (χ3v) is 3.63. The minimum Gasteiger partial charge on any atom is -0.481 e. The summed E-state index contributed by atoms with van der Waals surface area (Å²) in [7, 11) is 0. The number of aryl methyl sites for hydroxylation is 1. The first-order valence-corrected chi connectivity index (χ1v) is 6.69. The second kappa shape index (κ2) is 6.01. The molecule has 98 valence electrons. The molecule has 3 nitrogen and oxygen atoms in total. The Kier molecular flexibility index (Phi) is 4.37. The van der Waals surface area contributed by atoms with Crippen LogP contribution in [0.5, 0.6) is 0 Å². The second-order valence-electron chi connectivity index (χ2n) is 5.12. The maximum atomic E-state index is 11.1. The van der Waals surface area contributed by atoms with Gasteiger partial charge in [0.25, 0.3) is 0 Å². The molecular weight excluding hydrogens is 226 g/mol. The number of piperidine rings is 1. The van der Waals surface area contributed by atoms with E-state index in [1.165, 1.54) is 24.8 Å². The molecule has 1 heterocycles. The van der Waals surface area contributed by atoms with Gasteiger partial charge in [-0.2, -0.15) is 0 Å². The highest BCUT2D eigenvalue weighted by molar-refractivity contribution is 5.68. The maximum absolute atomic E-state index is 11.1. The van der Waals surface area contributed by atoms with Crippen LogP contribution in [0, 0.1) is 6.92 Å². The van der Waals surface area contributed by atoms with Crippen molar-refractivity contribution in [3.05, 3.63) is 35.4 Å². The smallest absolute Gasteiger partial charge is 0.305 e. The van der Waals surface area contributed by atoms with Gasteiger partial charge in [0, 0.05) is 6.04 Å². The summed E-state index contributed by atoms with van der Waals surface area (Å²) in [4.78, 5) is 13.4. The highest BCUT2D eigenvalue weighted by Crippen LogP contribution is 2.28. The van der Waals surface area contributed by atoms with Crippen molar-refractivity contribution in [1.82, 2.24) is 4.90 Å². The number of hydrogen-bond donors (Lipinski definition) is 1. The van der Waals surface area contributed by atoms with Crippen molar-refractivity contribution in [2.75, 3.05) is 13.1 Å². The lowest BCUT2D eigenvalue weighted by atomic mass is 9.98. The van der Waals surface area contributed by atoms with E-state index in [0.717, 1.165) is 18.7 Å². The predicted molar refractivity (Wildman–Crippen MR) is 71.6 cm³/mol. The molecule has 2 rings (SSSR count). The van der Waals surface area contributed by atoms with Crippen molar-refractivity contribution in [2.45, 2.75) is 38.6 Å². The van der Waals surface area contributed by atoms with Crippen molar-refractivity contribution in [1.29, 1.82) is 0 Å². The molecule has 0 amide bonds. The van der Waals surface area contributed by atoms with Gasteiger partial charge in [0.1, 0.15) is 0 Å². The first-order valence-electron chi connectivity index (χ1n) is 6.69. The molecule has 1 saturated heterocycles. The Morgan fingerprint density at radius 1 is 1.33 bits per heavy atom. The molecular formula is C15H21NO2. The predicted octanol–water partition coefficient (Wildman–Crippen LogP) is 3.00. The van der Waals surface area contributed by atoms with Gasteiger partial charge in [0.15, 0.2) is 0 Å².